The quantitative estimate of drug-likeness (QED) is 0.306. The summed E-state index contributed by atoms with van der Waals surface area (Å²) < 4.78 is 0. The van der Waals surface area contributed by atoms with Crippen LogP contribution in [0.1, 0.15) is 0 Å². The third-order valence-electron chi connectivity index (χ3n) is 0. The Kier molecular flexibility index (Phi) is 2.72. The molecule has 0 bridgehead atoms. The largest absolute Gasteiger partial charge is 0.123 e. The molecule has 25 valence electrons. The van der Waals surface area contributed by atoms with E-state index in [0.717, 1.165) is 0 Å². The number of halogens is 1. The predicted octanol–water partition coefficient (Wildman–Crippen LogP) is 1.67. The van der Waals surface area contributed by atoms with Crippen molar-refractivity contribution in [1.29, 1.82) is 0 Å². The Labute approximate surface area is 41.4 Å². The van der Waals surface area contributed by atoms with Crippen molar-refractivity contribution in [2.24, 2.45) is 0 Å². The molecule has 0 aromatic rings. The monoisotopic (exact) mass is 185 g/mol. The lowest BCUT2D eigenvalue weighted by atomic mass is 11.9. The van der Waals surface area contributed by atoms with E-state index in [1.165, 1.54) is 0 Å². The van der Waals surface area contributed by atoms with Crippen molar-refractivity contribution < 1.29 is 0 Å². The fourth-order valence-corrected chi connectivity index (χ4v) is 0. The molecular formula is C2H6ISi. The molecule has 0 N–H and O–H groups in total. The lowest BCUT2D eigenvalue weighted by Crippen LogP contribution is -1.77. The lowest BCUT2D eigenvalue weighted by molar-refractivity contribution is 2.13. The van der Waals surface area contributed by atoms with Gasteiger partial charge in [0.2, 0.25) is 0 Å². The van der Waals surface area contributed by atoms with E-state index in [1.54, 1.807) is 0 Å². The van der Waals surface area contributed by atoms with Gasteiger partial charge in [0.25, 0.3) is 0 Å². The predicted molar refractivity (Wildman–Crippen MR) is 31.5 cm³/mol. The molecule has 0 atom stereocenters. The van der Waals surface area contributed by atoms with Gasteiger partial charge in [0, 0.05) is 0 Å². The SMILES string of the molecule is C[Si](C)I. The van der Waals surface area contributed by atoms with E-state index in [9.17, 15) is 0 Å². The van der Waals surface area contributed by atoms with Gasteiger partial charge in [0.1, 0.15) is 6.29 Å². The third kappa shape index (κ3) is 12.5. The first-order valence-electron chi connectivity index (χ1n) is 1.19. The highest BCUT2D eigenvalue weighted by Gasteiger charge is 1.76. The summed E-state index contributed by atoms with van der Waals surface area (Å²) in [4.78, 5) is 0. The van der Waals surface area contributed by atoms with Crippen molar-refractivity contribution in [3.8, 4) is 0 Å². The van der Waals surface area contributed by atoms with E-state index in [2.05, 4.69) is 34.9 Å². The number of hydrogen-bond donors (Lipinski definition) is 0. The zero-order valence-electron chi connectivity index (χ0n) is 2.88. The van der Waals surface area contributed by atoms with Crippen LogP contribution >= 0.6 is 21.8 Å². The second-order valence-corrected chi connectivity index (χ2v) is 9.11. The molecule has 0 aromatic heterocycles. The summed E-state index contributed by atoms with van der Waals surface area (Å²) in [5.74, 6) is 0. The molecule has 2 heteroatoms. The molecule has 0 amide bonds. The molecule has 0 heterocycles. The zero-order valence-corrected chi connectivity index (χ0v) is 6.04. The van der Waals surface area contributed by atoms with Crippen LogP contribution in [0.4, 0.5) is 0 Å². The molecule has 1 radical (unpaired) electrons. The fraction of sp³-hybridized carbons (Fsp3) is 1.00. The van der Waals surface area contributed by atoms with Crippen LogP contribution in [0, 0.1) is 0 Å². The van der Waals surface area contributed by atoms with Gasteiger partial charge < -0.3 is 0 Å². The van der Waals surface area contributed by atoms with E-state index in [0.29, 0.717) is 0 Å². The van der Waals surface area contributed by atoms with Crippen LogP contribution in [-0.4, -0.2) is 6.29 Å². The summed E-state index contributed by atoms with van der Waals surface area (Å²) in [5, 5.41) is 0. The number of hydrogen-bond acceptors (Lipinski definition) is 0. The van der Waals surface area contributed by atoms with Gasteiger partial charge in [-0.3, -0.25) is 0 Å². The van der Waals surface area contributed by atoms with Gasteiger partial charge >= 0.3 is 0 Å². The van der Waals surface area contributed by atoms with E-state index >= 15 is 0 Å². The second-order valence-electron chi connectivity index (χ2n) is 0.878. The molecule has 0 fully saturated rings. The Morgan fingerprint density at radius 1 is 1.50 bits per heavy atom. The Morgan fingerprint density at radius 2 is 1.50 bits per heavy atom. The first-order chi connectivity index (χ1) is 1.73. The first kappa shape index (κ1) is 4.95. The summed E-state index contributed by atoms with van der Waals surface area (Å²) in [6, 6.07) is 0. The van der Waals surface area contributed by atoms with Crippen molar-refractivity contribution in [2.45, 2.75) is 13.1 Å². The minimum absolute atomic E-state index is 0.0904. The van der Waals surface area contributed by atoms with Crippen LogP contribution in [0.15, 0.2) is 0 Å². The van der Waals surface area contributed by atoms with E-state index in [1.807, 2.05) is 0 Å². The summed E-state index contributed by atoms with van der Waals surface area (Å²) in [6.07, 6.45) is 0.0904. The molecule has 0 saturated carbocycles. The zero-order chi connectivity index (χ0) is 3.58. The van der Waals surface area contributed by atoms with Crippen LogP contribution in [0.2, 0.25) is 13.1 Å². The maximum Gasteiger partial charge on any atom is 0.123 e. The van der Waals surface area contributed by atoms with E-state index in [-0.39, 0.29) is 6.29 Å². The highest BCUT2D eigenvalue weighted by atomic mass is 127. The highest BCUT2D eigenvalue weighted by Crippen LogP contribution is 1.86. The molecule has 0 aliphatic carbocycles. The normalized spacial score (nSPS) is 9.00. The van der Waals surface area contributed by atoms with Crippen molar-refractivity contribution in [3.05, 3.63) is 0 Å². The molecule has 0 aliphatic rings. The standard InChI is InChI=1S/C2H6ISi/c1-4(2)3/h1-2H3. The Bertz CT molecular complexity index is 10.8. The Hall–Kier alpha value is 0.947. The van der Waals surface area contributed by atoms with Crippen LogP contribution in [-0.2, 0) is 0 Å². The average molecular weight is 185 g/mol. The van der Waals surface area contributed by atoms with Gasteiger partial charge in [-0.1, -0.05) is 13.1 Å². The van der Waals surface area contributed by atoms with Crippen molar-refractivity contribution in [3.63, 3.8) is 0 Å². The molecule has 0 aromatic carbocycles. The van der Waals surface area contributed by atoms with Gasteiger partial charge in [0.05, 0.1) is 0 Å². The topological polar surface area (TPSA) is 0 Å². The molecule has 4 heavy (non-hydrogen) atoms. The Balaban J connectivity index is 2.32. The molecule has 0 nitrogen and oxygen atoms in total. The molecule has 0 saturated heterocycles. The first-order valence-corrected chi connectivity index (χ1v) is 6.80. The van der Waals surface area contributed by atoms with Crippen molar-refractivity contribution in [2.75, 3.05) is 0 Å². The van der Waals surface area contributed by atoms with E-state index in [4.69, 9.17) is 0 Å². The average Bonchev–Trinajstić information content (AvgIpc) is 0.811. The Morgan fingerprint density at radius 3 is 1.50 bits per heavy atom. The van der Waals surface area contributed by atoms with Crippen LogP contribution in [0.5, 0.6) is 0 Å². The summed E-state index contributed by atoms with van der Waals surface area (Å²) >= 11 is 2.45. The number of rotatable bonds is 0. The smallest absolute Gasteiger partial charge is 0.122 e. The summed E-state index contributed by atoms with van der Waals surface area (Å²) in [6.45, 7) is 4.51. The van der Waals surface area contributed by atoms with Crippen LogP contribution in [0.3, 0.4) is 0 Å². The lowest BCUT2D eigenvalue weighted by Gasteiger charge is -1.71. The van der Waals surface area contributed by atoms with Gasteiger partial charge in [-0.2, -0.15) is 0 Å². The molecule has 0 unspecified atom stereocenters. The van der Waals surface area contributed by atoms with Gasteiger partial charge in [-0.05, 0) is 0 Å². The van der Waals surface area contributed by atoms with Crippen molar-refractivity contribution >= 4 is 28.1 Å². The summed E-state index contributed by atoms with van der Waals surface area (Å²) in [5.41, 5.74) is 0. The van der Waals surface area contributed by atoms with Crippen LogP contribution < -0.4 is 0 Å². The summed E-state index contributed by atoms with van der Waals surface area (Å²) in [7, 11) is 0. The van der Waals surface area contributed by atoms with Crippen molar-refractivity contribution in [1.82, 2.24) is 0 Å². The van der Waals surface area contributed by atoms with Crippen LogP contribution in [0.25, 0.3) is 0 Å². The molecular weight excluding hydrogens is 179 g/mol. The molecule has 0 spiro atoms. The minimum Gasteiger partial charge on any atom is -0.122 e. The molecule has 0 rings (SSSR count). The third-order valence-corrected chi connectivity index (χ3v) is 0. The van der Waals surface area contributed by atoms with Gasteiger partial charge in [0.15, 0.2) is 0 Å². The van der Waals surface area contributed by atoms with E-state index < -0.39 is 0 Å². The second kappa shape index (κ2) is 2.20. The van der Waals surface area contributed by atoms with Gasteiger partial charge in [-0.15, -0.1) is 21.8 Å². The fourth-order valence-electron chi connectivity index (χ4n) is 0. The maximum absolute atomic E-state index is 2.45. The van der Waals surface area contributed by atoms with Gasteiger partial charge in [-0.25, -0.2) is 0 Å². The molecule has 0 aliphatic heterocycles. The highest BCUT2D eigenvalue weighted by molar-refractivity contribution is 14.1. The maximum atomic E-state index is 2.45. The minimum atomic E-state index is 0.0904.